The van der Waals surface area contributed by atoms with Crippen LogP contribution in [0.25, 0.3) is 0 Å². The highest BCUT2D eigenvalue weighted by molar-refractivity contribution is 5.87. The fourth-order valence-electron chi connectivity index (χ4n) is 2.96. The lowest BCUT2D eigenvalue weighted by Gasteiger charge is -2.25. The number of benzene rings is 1. The summed E-state index contributed by atoms with van der Waals surface area (Å²) in [5.74, 6) is -0.185. The molecule has 0 bridgehead atoms. The summed E-state index contributed by atoms with van der Waals surface area (Å²) in [5, 5.41) is 13.1. The first-order valence-corrected chi connectivity index (χ1v) is 7.79. The van der Waals surface area contributed by atoms with Crippen LogP contribution < -0.4 is 5.32 Å². The van der Waals surface area contributed by atoms with Gasteiger partial charge in [0, 0.05) is 19.5 Å². The number of nitrogens with zero attached hydrogens (tertiary/aromatic N) is 1. The van der Waals surface area contributed by atoms with Crippen molar-refractivity contribution in [3.8, 4) is 0 Å². The molecule has 22 heavy (non-hydrogen) atoms. The second-order valence-electron chi connectivity index (χ2n) is 5.94. The summed E-state index contributed by atoms with van der Waals surface area (Å²) in [6.45, 7) is 4.01. The molecule has 5 heteroatoms. The number of carbonyl (C=O) groups is 2. The van der Waals surface area contributed by atoms with E-state index in [1.807, 2.05) is 37.3 Å². The summed E-state index contributed by atoms with van der Waals surface area (Å²) >= 11 is 0. The van der Waals surface area contributed by atoms with E-state index in [0.29, 0.717) is 19.4 Å². The Bertz CT molecular complexity index is 518. The first-order chi connectivity index (χ1) is 10.5. The third-order valence-corrected chi connectivity index (χ3v) is 4.11. The molecule has 1 saturated heterocycles. The minimum Gasteiger partial charge on any atom is -0.388 e. The topological polar surface area (TPSA) is 69.6 Å². The van der Waals surface area contributed by atoms with Crippen LogP contribution >= 0.6 is 0 Å². The third-order valence-electron chi connectivity index (χ3n) is 4.11. The summed E-state index contributed by atoms with van der Waals surface area (Å²) in [6.07, 6.45) is 1.41. The Morgan fingerprint density at radius 2 is 2.05 bits per heavy atom. The average molecular weight is 304 g/mol. The molecule has 0 radical (unpaired) electrons. The Balaban J connectivity index is 1.87. The molecule has 0 unspecified atom stereocenters. The van der Waals surface area contributed by atoms with Gasteiger partial charge in [-0.15, -0.1) is 0 Å². The first-order valence-electron chi connectivity index (χ1n) is 7.79. The minimum atomic E-state index is -0.607. The summed E-state index contributed by atoms with van der Waals surface area (Å²) in [7, 11) is 0. The van der Waals surface area contributed by atoms with Gasteiger partial charge >= 0.3 is 0 Å². The molecule has 1 aliphatic heterocycles. The second-order valence-corrected chi connectivity index (χ2v) is 5.94. The maximum atomic E-state index is 12.3. The molecule has 1 fully saturated rings. The Morgan fingerprint density at radius 1 is 1.36 bits per heavy atom. The van der Waals surface area contributed by atoms with Gasteiger partial charge in [0.1, 0.15) is 6.04 Å². The molecule has 0 spiro atoms. The number of likely N-dealkylation sites (tertiary alicyclic amines) is 1. The predicted octanol–water partition coefficient (Wildman–Crippen LogP) is 1.63. The molecule has 2 N–H and O–H groups in total. The molecule has 2 amide bonds. The van der Waals surface area contributed by atoms with Crippen molar-refractivity contribution in [2.75, 3.05) is 6.54 Å². The van der Waals surface area contributed by atoms with Gasteiger partial charge < -0.3 is 15.3 Å². The van der Waals surface area contributed by atoms with Crippen LogP contribution in [0.1, 0.15) is 44.8 Å². The van der Waals surface area contributed by atoms with Crippen LogP contribution in [-0.4, -0.2) is 40.4 Å². The lowest BCUT2D eigenvalue weighted by atomic mass is 10.0. The number of hydrogen-bond donors (Lipinski definition) is 2. The van der Waals surface area contributed by atoms with Crippen molar-refractivity contribution < 1.29 is 14.7 Å². The van der Waals surface area contributed by atoms with Gasteiger partial charge in [0.25, 0.3) is 0 Å². The Morgan fingerprint density at radius 3 is 2.68 bits per heavy atom. The molecule has 3 atom stereocenters. The quantitative estimate of drug-likeness (QED) is 0.868. The van der Waals surface area contributed by atoms with Gasteiger partial charge in [-0.3, -0.25) is 9.59 Å². The van der Waals surface area contributed by atoms with Gasteiger partial charge in [0.2, 0.25) is 11.8 Å². The normalized spacial score (nSPS) is 20.5. The van der Waals surface area contributed by atoms with Crippen LogP contribution in [-0.2, 0) is 9.59 Å². The molecule has 1 aliphatic rings. The first kappa shape index (κ1) is 16.5. The van der Waals surface area contributed by atoms with Gasteiger partial charge in [-0.25, -0.2) is 0 Å². The SMILES string of the molecule is CC(=O)N1CCC[C@@H]1C(=O)N[C@H](C)C[C@H](O)c1ccccc1. The van der Waals surface area contributed by atoms with Crippen LogP contribution in [0.5, 0.6) is 0 Å². The summed E-state index contributed by atoms with van der Waals surface area (Å²) in [4.78, 5) is 25.4. The zero-order valence-electron chi connectivity index (χ0n) is 13.2. The smallest absolute Gasteiger partial charge is 0.243 e. The number of aliphatic hydroxyl groups excluding tert-OH is 1. The van der Waals surface area contributed by atoms with Crippen molar-refractivity contribution in [3.05, 3.63) is 35.9 Å². The second kappa shape index (κ2) is 7.40. The summed E-state index contributed by atoms with van der Waals surface area (Å²) in [5.41, 5.74) is 0.842. The van der Waals surface area contributed by atoms with Crippen LogP contribution in [0, 0.1) is 0 Å². The van der Waals surface area contributed by atoms with E-state index in [2.05, 4.69) is 5.32 Å². The minimum absolute atomic E-state index is 0.0605. The van der Waals surface area contributed by atoms with Gasteiger partial charge in [-0.2, -0.15) is 0 Å². The monoisotopic (exact) mass is 304 g/mol. The van der Waals surface area contributed by atoms with E-state index in [0.717, 1.165) is 12.0 Å². The molecular formula is C17H24N2O3. The number of amides is 2. The van der Waals surface area contributed by atoms with Crippen LogP contribution in [0.3, 0.4) is 0 Å². The van der Waals surface area contributed by atoms with Crippen LogP contribution in [0.15, 0.2) is 30.3 Å². The van der Waals surface area contributed by atoms with E-state index < -0.39 is 6.10 Å². The van der Waals surface area contributed by atoms with E-state index in [1.165, 1.54) is 6.92 Å². The fraction of sp³-hybridized carbons (Fsp3) is 0.529. The molecule has 1 aromatic rings. The van der Waals surface area contributed by atoms with Crippen molar-refractivity contribution in [2.45, 2.75) is 51.3 Å². The van der Waals surface area contributed by atoms with E-state index in [-0.39, 0.29) is 23.9 Å². The zero-order chi connectivity index (χ0) is 16.1. The van der Waals surface area contributed by atoms with Crippen molar-refractivity contribution in [2.24, 2.45) is 0 Å². The van der Waals surface area contributed by atoms with Crippen molar-refractivity contribution in [1.29, 1.82) is 0 Å². The number of nitrogens with one attached hydrogen (secondary N) is 1. The highest BCUT2D eigenvalue weighted by atomic mass is 16.3. The zero-order valence-corrected chi connectivity index (χ0v) is 13.2. The standard InChI is InChI=1S/C17H24N2O3/c1-12(11-16(21)14-7-4-3-5-8-14)18-17(22)15-9-6-10-19(15)13(2)20/h3-5,7-8,12,15-16,21H,6,9-11H2,1-2H3,(H,18,22)/t12-,15-,16+/m1/s1. The highest BCUT2D eigenvalue weighted by Gasteiger charge is 2.32. The molecule has 2 rings (SSSR count). The third kappa shape index (κ3) is 4.07. The average Bonchev–Trinajstić information content (AvgIpc) is 2.97. The number of carbonyl (C=O) groups excluding carboxylic acids is 2. The van der Waals surface area contributed by atoms with E-state index in [9.17, 15) is 14.7 Å². The van der Waals surface area contributed by atoms with Gasteiger partial charge in [0.05, 0.1) is 6.10 Å². The van der Waals surface area contributed by atoms with E-state index in [4.69, 9.17) is 0 Å². The van der Waals surface area contributed by atoms with E-state index in [1.54, 1.807) is 4.90 Å². The molecule has 120 valence electrons. The Labute approximate surface area is 131 Å². The summed E-state index contributed by atoms with van der Waals surface area (Å²) < 4.78 is 0. The Kier molecular flexibility index (Phi) is 5.55. The maximum Gasteiger partial charge on any atom is 0.243 e. The van der Waals surface area contributed by atoms with Gasteiger partial charge in [-0.1, -0.05) is 30.3 Å². The molecule has 5 nitrogen and oxygen atoms in total. The van der Waals surface area contributed by atoms with Crippen molar-refractivity contribution in [3.63, 3.8) is 0 Å². The fourth-order valence-corrected chi connectivity index (χ4v) is 2.96. The number of hydrogen-bond acceptors (Lipinski definition) is 3. The lowest BCUT2D eigenvalue weighted by molar-refractivity contribution is -0.137. The number of rotatable bonds is 5. The van der Waals surface area contributed by atoms with E-state index >= 15 is 0 Å². The maximum absolute atomic E-state index is 12.3. The molecule has 1 aromatic carbocycles. The van der Waals surface area contributed by atoms with Gasteiger partial charge in [-0.05, 0) is 31.7 Å². The molecule has 0 saturated carbocycles. The molecule has 0 aromatic heterocycles. The number of aliphatic hydroxyl groups is 1. The summed E-state index contributed by atoms with van der Waals surface area (Å²) in [6, 6.07) is 8.88. The Hall–Kier alpha value is -1.88. The van der Waals surface area contributed by atoms with Crippen molar-refractivity contribution in [1.82, 2.24) is 10.2 Å². The van der Waals surface area contributed by atoms with Crippen LogP contribution in [0.2, 0.25) is 0 Å². The molecular weight excluding hydrogens is 280 g/mol. The molecule has 1 heterocycles. The van der Waals surface area contributed by atoms with Gasteiger partial charge in [0.15, 0.2) is 0 Å². The van der Waals surface area contributed by atoms with Crippen molar-refractivity contribution >= 4 is 11.8 Å². The molecule has 0 aliphatic carbocycles. The largest absolute Gasteiger partial charge is 0.388 e. The lowest BCUT2D eigenvalue weighted by Crippen LogP contribution is -2.47. The van der Waals surface area contributed by atoms with Crippen LogP contribution in [0.4, 0.5) is 0 Å². The predicted molar refractivity (Wildman–Crippen MR) is 84.0 cm³/mol. The highest BCUT2D eigenvalue weighted by Crippen LogP contribution is 2.20.